The van der Waals surface area contributed by atoms with E-state index in [4.69, 9.17) is 0 Å². The quantitative estimate of drug-likeness (QED) is 0.866. The van der Waals surface area contributed by atoms with Gasteiger partial charge in [-0.2, -0.15) is 23.5 Å². The van der Waals surface area contributed by atoms with Crippen LogP contribution in [0.3, 0.4) is 0 Å². The molecule has 6 heteroatoms. The number of pyridine rings is 1. The number of nitrogens with zero attached hydrogens (tertiary/aromatic N) is 2. The lowest BCUT2D eigenvalue weighted by Crippen LogP contribution is -2.55. The zero-order valence-corrected chi connectivity index (χ0v) is 14.5. The summed E-state index contributed by atoms with van der Waals surface area (Å²) >= 11 is 4.07. The van der Waals surface area contributed by atoms with Crippen LogP contribution in [0, 0.1) is 0 Å². The molecule has 2 atom stereocenters. The molecule has 3 heterocycles. The summed E-state index contributed by atoms with van der Waals surface area (Å²) in [5.41, 5.74) is 1.22. The van der Waals surface area contributed by atoms with Crippen molar-refractivity contribution in [3.63, 3.8) is 0 Å². The molecule has 0 aromatic carbocycles. The number of piperidine rings is 1. The molecule has 0 amide bonds. The minimum atomic E-state index is -0.274. The Bertz CT molecular complexity index is 440. The van der Waals surface area contributed by atoms with Crippen molar-refractivity contribution in [3.05, 3.63) is 30.1 Å². The van der Waals surface area contributed by atoms with Crippen molar-refractivity contribution in [2.75, 3.05) is 36.1 Å². The minimum Gasteiger partial charge on any atom is -0.390 e. The van der Waals surface area contributed by atoms with Gasteiger partial charge in [0.05, 0.1) is 6.10 Å². The van der Waals surface area contributed by atoms with E-state index in [-0.39, 0.29) is 12.1 Å². The summed E-state index contributed by atoms with van der Waals surface area (Å²) in [4.78, 5) is 6.49. The summed E-state index contributed by atoms with van der Waals surface area (Å²) < 4.78 is 0. The molecule has 0 radical (unpaired) electrons. The summed E-state index contributed by atoms with van der Waals surface area (Å²) in [6.07, 6.45) is 4.46. The van der Waals surface area contributed by atoms with Crippen molar-refractivity contribution in [3.8, 4) is 0 Å². The number of aliphatic hydroxyl groups excluding tert-OH is 1. The van der Waals surface area contributed by atoms with Crippen LogP contribution in [0.25, 0.3) is 0 Å². The number of aromatic nitrogens is 1. The van der Waals surface area contributed by atoms with Crippen molar-refractivity contribution < 1.29 is 5.11 Å². The van der Waals surface area contributed by atoms with Gasteiger partial charge in [-0.05, 0) is 18.1 Å². The number of thioether (sulfide) groups is 2. The molecule has 22 heavy (non-hydrogen) atoms. The lowest BCUT2D eigenvalue weighted by molar-refractivity contribution is 0.0347. The van der Waals surface area contributed by atoms with Crippen molar-refractivity contribution in [1.82, 2.24) is 15.2 Å². The normalized spacial score (nSPS) is 28.4. The van der Waals surface area contributed by atoms with Gasteiger partial charge in [0.1, 0.15) is 0 Å². The highest BCUT2D eigenvalue weighted by atomic mass is 32.2. The van der Waals surface area contributed by atoms with Gasteiger partial charge in [-0.1, -0.05) is 6.07 Å². The molecule has 0 spiro atoms. The first-order valence-corrected chi connectivity index (χ1v) is 10.3. The number of nitrogens with one attached hydrogen (secondary N) is 1. The predicted octanol–water partition coefficient (Wildman–Crippen LogP) is 1.45. The number of hydrogen-bond donors (Lipinski definition) is 2. The molecule has 2 aliphatic heterocycles. The molecule has 1 aromatic heterocycles. The summed E-state index contributed by atoms with van der Waals surface area (Å²) in [7, 11) is 0. The van der Waals surface area contributed by atoms with Gasteiger partial charge < -0.3 is 10.4 Å². The molecular weight excluding hydrogens is 314 g/mol. The molecular formula is C16H25N3OS2. The maximum absolute atomic E-state index is 10.5. The second kappa shape index (κ2) is 8.55. The molecule has 0 aliphatic carbocycles. The first-order valence-electron chi connectivity index (χ1n) is 8.02. The van der Waals surface area contributed by atoms with Crippen molar-refractivity contribution in [1.29, 1.82) is 0 Å². The summed E-state index contributed by atoms with van der Waals surface area (Å²) in [5.74, 6) is 4.87. The topological polar surface area (TPSA) is 48.4 Å². The van der Waals surface area contributed by atoms with Gasteiger partial charge >= 0.3 is 0 Å². The Balaban J connectivity index is 1.47. The zero-order valence-electron chi connectivity index (χ0n) is 12.9. The van der Waals surface area contributed by atoms with E-state index in [1.165, 1.54) is 28.6 Å². The fourth-order valence-electron chi connectivity index (χ4n) is 3.10. The number of hydrogen-bond acceptors (Lipinski definition) is 6. The third kappa shape index (κ3) is 4.86. The molecule has 0 bridgehead atoms. The van der Waals surface area contributed by atoms with Crippen LogP contribution < -0.4 is 5.32 Å². The number of rotatable bonds is 4. The second-order valence-electron chi connectivity index (χ2n) is 6.07. The van der Waals surface area contributed by atoms with E-state index in [9.17, 15) is 5.11 Å². The standard InChI is InChI=1S/C16H25N3OS2/c20-16-10-19(9-13-2-1-4-17-8-13)5-3-15(16)18-14-11-21-6-7-22-12-14/h1-2,4,8,14-16,18,20H,3,5-7,9-12H2/t15-,16-/m1/s1. The Morgan fingerprint density at radius 1 is 1.32 bits per heavy atom. The van der Waals surface area contributed by atoms with E-state index in [1.807, 2.05) is 35.8 Å². The van der Waals surface area contributed by atoms with Crippen LogP contribution in [0.1, 0.15) is 12.0 Å². The van der Waals surface area contributed by atoms with Gasteiger partial charge in [-0.15, -0.1) is 0 Å². The minimum absolute atomic E-state index is 0.245. The van der Waals surface area contributed by atoms with Gasteiger partial charge in [0.25, 0.3) is 0 Å². The monoisotopic (exact) mass is 339 g/mol. The largest absolute Gasteiger partial charge is 0.390 e. The van der Waals surface area contributed by atoms with Crippen LogP contribution in [0.15, 0.2) is 24.5 Å². The molecule has 1 aromatic rings. The van der Waals surface area contributed by atoms with Crippen molar-refractivity contribution in [2.24, 2.45) is 0 Å². The van der Waals surface area contributed by atoms with Crippen molar-refractivity contribution >= 4 is 23.5 Å². The van der Waals surface area contributed by atoms with E-state index in [0.29, 0.717) is 6.04 Å². The highest BCUT2D eigenvalue weighted by Gasteiger charge is 2.29. The molecule has 2 fully saturated rings. The fraction of sp³-hybridized carbons (Fsp3) is 0.688. The smallest absolute Gasteiger partial charge is 0.0820 e. The van der Waals surface area contributed by atoms with Crippen LogP contribution in [0.2, 0.25) is 0 Å². The number of β-amino-alcohol motifs (C(OH)–C–C–N with tert-alkyl or cyclic N) is 1. The Kier molecular flexibility index (Phi) is 6.44. The highest BCUT2D eigenvalue weighted by Crippen LogP contribution is 2.19. The molecule has 0 unspecified atom stereocenters. The molecule has 2 aliphatic rings. The van der Waals surface area contributed by atoms with E-state index < -0.39 is 0 Å². The molecule has 4 nitrogen and oxygen atoms in total. The Morgan fingerprint density at radius 2 is 2.14 bits per heavy atom. The Morgan fingerprint density at radius 3 is 2.82 bits per heavy atom. The van der Waals surface area contributed by atoms with Crippen LogP contribution in [0.5, 0.6) is 0 Å². The molecule has 122 valence electrons. The van der Waals surface area contributed by atoms with Gasteiger partial charge in [0.2, 0.25) is 0 Å². The van der Waals surface area contributed by atoms with Gasteiger partial charge in [0.15, 0.2) is 0 Å². The highest BCUT2D eigenvalue weighted by molar-refractivity contribution is 8.03. The zero-order chi connectivity index (χ0) is 15.2. The summed E-state index contributed by atoms with van der Waals surface area (Å²) in [5, 5.41) is 14.2. The van der Waals surface area contributed by atoms with Crippen LogP contribution in [-0.4, -0.2) is 69.3 Å². The summed E-state index contributed by atoms with van der Waals surface area (Å²) in [6.45, 7) is 2.67. The Hall–Kier alpha value is -0.270. The van der Waals surface area contributed by atoms with Crippen LogP contribution in [-0.2, 0) is 6.54 Å². The van der Waals surface area contributed by atoms with Crippen LogP contribution >= 0.6 is 23.5 Å². The molecule has 2 N–H and O–H groups in total. The summed E-state index contributed by atoms with van der Waals surface area (Å²) in [6, 6.07) is 4.86. The lowest BCUT2D eigenvalue weighted by atomic mass is 10.0. The molecule has 3 rings (SSSR count). The SMILES string of the molecule is O[C@@H]1CN(Cc2cccnc2)CC[C@H]1NC1CSCCSC1. The van der Waals surface area contributed by atoms with E-state index in [1.54, 1.807) is 6.20 Å². The first kappa shape index (κ1) is 16.6. The first-order chi connectivity index (χ1) is 10.8. The van der Waals surface area contributed by atoms with E-state index >= 15 is 0 Å². The van der Waals surface area contributed by atoms with Gasteiger partial charge in [0, 0.05) is 67.1 Å². The van der Waals surface area contributed by atoms with Gasteiger partial charge in [-0.3, -0.25) is 9.88 Å². The van der Waals surface area contributed by atoms with Gasteiger partial charge in [-0.25, -0.2) is 0 Å². The second-order valence-corrected chi connectivity index (χ2v) is 8.37. The average Bonchev–Trinajstić information content (AvgIpc) is 2.80. The average molecular weight is 340 g/mol. The third-order valence-corrected chi connectivity index (χ3v) is 6.78. The van der Waals surface area contributed by atoms with E-state index in [2.05, 4.69) is 21.3 Å². The molecule has 2 saturated heterocycles. The van der Waals surface area contributed by atoms with E-state index in [0.717, 1.165) is 26.1 Å². The maximum atomic E-state index is 10.5. The predicted molar refractivity (Wildman–Crippen MR) is 95.5 cm³/mol. The van der Waals surface area contributed by atoms with Crippen molar-refractivity contribution in [2.45, 2.75) is 31.2 Å². The Labute approximate surface area is 141 Å². The molecule has 0 saturated carbocycles. The number of likely N-dealkylation sites (tertiary alicyclic amines) is 1. The maximum Gasteiger partial charge on any atom is 0.0820 e. The van der Waals surface area contributed by atoms with Crippen LogP contribution in [0.4, 0.5) is 0 Å². The lowest BCUT2D eigenvalue weighted by Gasteiger charge is -2.38. The fourth-order valence-corrected chi connectivity index (χ4v) is 5.52. The third-order valence-electron chi connectivity index (χ3n) is 4.25. The number of aliphatic hydroxyl groups is 1.